The number of hydrogen-bond donors (Lipinski definition) is 1. The van der Waals surface area contributed by atoms with E-state index < -0.39 is 8.72 Å². The van der Waals surface area contributed by atoms with E-state index in [1.165, 1.54) is 0 Å². The Morgan fingerprint density at radius 3 is 2.39 bits per heavy atom. The van der Waals surface area contributed by atoms with Crippen LogP contribution in [0.5, 0.6) is 0 Å². The van der Waals surface area contributed by atoms with E-state index in [0.717, 1.165) is 24.8 Å². The van der Waals surface area contributed by atoms with Crippen LogP contribution in [0.4, 0.5) is 5.69 Å². The Labute approximate surface area is 112 Å². The topological polar surface area (TPSA) is 30.5 Å². The number of nitrogens with one attached hydrogen (secondary N) is 1. The van der Waals surface area contributed by atoms with Crippen molar-refractivity contribution >= 4 is 14.4 Å². The molecular formula is C14H25NO2Si. The molecule has 0 heterocycles. The summed E-state index contributed by atoms with van der Waals surface area (Å²) in [6, 6.07) is 11.1. The Morgan fingerprint density at radius 1 is 1.22 bits per heavy atom. The van der Waals surface area contributed by atoms with Gasteiger partial charge in [-0.25, -0.2) is 0 Å². The zero-order valence-corrected chi connectivity index (χ0v) is 12.9. The fourth-order valence-corrected chi connectivity index (χ4v) is 4.78. The van der Waals surface area contributed by atoms with Gasteiger partial charge in [0, 0.05) is 25.4 Å². The van der Waals surface area contributed by atoms with Gasteiger partial charge in [0.05, 0.1) is 0 Å². The van der Waals surface area contributed by atoms with Gasteiger partial charge in [-0.1, -0.05) is 39.0 Å². The summed E-state index contributed by atoms with van der Waals surface area (Å²) in [7, 11) is -0.594. The molecule has 1 rings (SSSR count). The van der Waals surface area contributed by atoms with Gasteiger partial charge in [-0.2, -0.15) is 0 Å². The average molecular weight is 267 g/mol. The predicted molar refractivity (Wildman–Crippen MR) is 78.7 cm³/mol. The predicted octanol–water partition coefficient (Wildman–Crippen LogP) is 3.77. The molecule has 1 aromatic rings. The van der Waals surface area contributed by atoms with Crippen molar-refractivity contribution < 1.29 is 8.85 Å². The molecule has 1 unspecified atom stereocenters. The summed E-state index contributed by atoms with van der Waals surface area (Å²) in [6.07, 6.45) is 1.01. The Morgan fingerprint density at radius 2 is 1.89 bits per heavy atom. The van der Waals surface area contributed by atoms with Crippen LogP contribution in [0.15, 0.2) is 30.3 Å². The zero-order chi connectivity index (χ0) is 13.4. The summed E-state index contributed by atoms with van der Waals surface area (Å²) in [6.45, 7) is 7.25. The van der Waals surface area contributed by atoms with Crippen molar-refractivity contribution in [1.29, 1.82) is 0 Å². The summed E-state index contributed by atoms with van der Waals surface area (Å²) >= 11 is 0. The summed E-state index contributed by atoms with van der Waals surface area (Å²) < 4.78 is 11.8. The highest BCUT2D eigenvalue weighted by Crippen LogP contribution is 2.22. The molecule has 0 bridgehead atoms. The highest BCUT2D eigenvalue weighted by Gasteiger charge is 2.38. The van der Waals surface area contributed by atoms with Crippen LogP contribution >= 0.6 is 0 Å². The summed E-state index contributed by atoms with van der Waals surface area (Å²) in [4.78, 5) is 3.50. The number of para-hydroxylation sites is 1. The van der Waals surface area contributed by atoms with Crippen LogP contribution in [-0.4, -0.2) is 22.4 Å². The lowest BCUT2D eigenvalue weighted by atomic mass is 10.3. The molecule has 0 aliphatic heterocycles. The maximum atomic E-state index is 6.05. The van der Waals surface area contributed by atoms with Gasteiger partial charge in [0.15, 0.2) is 0 Å². The van der Waals surface area contributed by atoms with Crippen molar-refractivity contribution in [1.82, 2.24) is 0 Å². The van der Waals surface area contributed by atoms with Crippen molar-refractivity contribution in [2.45, 2.75) is 33.2 Å². The van der Waals surface area contributed by atoms with Crippen molar-refractivity contribution in [2.24, 2.45) is 5.92 Å². The van der Waals surface area contributed by atoms with Crippen LogP contribution in [0.25, 0.3) is 0 Å². The van der Waals surface area contributed by atoms with E-state index >= 15 is 0 Å². The lowest BCUT2D eigenvalue weighted by Gasteiger charge is -2.31. The van der Waals surface area contributed by atoms with E-state index in [9.17, 15) is 0 Å². The molecule has 18 heavy (non-hydrogen) atoms. The first-order valence-corrected chi connectivity index (χ1v) is 8.66. The minimum absolute atomic E-state index is 0.546. The summed E-state index contributed by atoms with van der Waals surface area (Å²) in [5.41, 5.74) is 1.07. The molecule has 0 aliphatic rings. The van der Waals surface area contributed by atoms with Crippen LogP contribution in [0.3, 0.4) is 0 Å². The largest absolute Gasteiger partial charge is 0.456 e. The molecule has 1 atom stereocenters. The van der Waals surface area contributed by atoms with E-state index in [4.69, 9.17) is 8.85 Å². The zero-order valence-electron chi connectivity index (χ0n) is 11.9. The molecule has 0 aromatic heterocycles. The van der Waals surface area contributed by atoms with Gasteiger partial charge in [0.1, 0.15) is 0 Å². The van der Waals surface area contributed by atoms with Crippen molar-refractivity contribution in [3.8, 4) is 0 Å². The van der Waals surface area contributed by atoms with Crippen molar-refractivity contribution in [2.75, 3.05) is 18.7 Å². The lowest BCUT2D eigenvalue weighted by molar-refractivity contribution is 0.201. The number of hydrogen-bond acceptors (Lipinski definition) is 3. The van der Waals surface area contributed by atoms with Gasteiger partial charge in [0.25, 0.3) is 0 Å². The lowest BCUT2D eigenvalue weighted by Crippen LogP contribution is -2.51. The molecule has 0 saturated heterocycles. The third-order valence-electron chi connectivity index (χ3n) is 2.65. The molecule has 0 fully saturated rings. The number of benzene rings is 1. The van der Waals surface area contributed by atoms with E-state index in [0.29, 0.717) is 5.92 Å². The Bertz CT molecular complexity index is 332. The molecule has 0 aliphatic carbocycles. The SMILES string of the molecule is CCCO[Si](CC(C)C)(Nc1ccccc1)OC. The molecule has 0 radical (unpaired) electrons. The molecule has 0 amide bonds. The standard InChI is InChI=1S/C14H25NO2Si/c1-5-11-17-18(16-4,12-13(2)3)15-14-9-7-6-8-10-14/h6-10,13,15H,5,11-12H2,1-4H3. The minimum atomic E-state index is -2.34. The third-order valence-corrected chi connectivity index (χ3v) is 6.01. The number of anilines is 1. The van der Waals surface area contributed by atoms with Crippen molar-refractivity contribution in [3.05, 3.63) is 30.3 Å². The summed E-state index contributed by atoms with van der Waals surface area (Å²) in [5.74, 6) is 0.546. The van der Waals surface area contributed by atoms with E-state index in [2.05, 4.69) is 37.9 Å². The smallest absolute Gasteiger partial charge is 0.382 e. The van der Waals surface area contributed by atoms with Gasteiger partial charge < -0.3 is 13.8 Å². The van der Waals surface area contributed by atoms with Crippen molar-refractivity contribution in [3.63, 3.8) is 0 Å². The third kappa shape index (κ3) is 4.80. The monoisotopic (exact) mass is 267 g/mol. The van der Waals surface area contributed by atoms with Crippen LogP contribution in [0.2, 0.25) is 6.04 Å². The highest BCUT2D eigenvalue weighted by atomic mass is 28.4. The normalized spacial score (nSPS) is 14.5. The first kappa shape index (κ1) is 15.2. The Kier molecular flexibility index (Phi) is 6.39. The molecule has 1 N–H and O–H groups in total. The Hall–Kier alpha value is -0.843. The van der Waals surface area contributed by atoms with Crippen LogP contribution in [0.1, 0.15) is 27.2 Å². The van der Waals surface area contributed by atoms with E-state index in [-0.39, 0.29) is 0 Å². The van der Waals surface area contributed by atoms with Gasteiger partial charge in [-0.05, 0) is 24.5 Å². The highest BCUT2D eigenvalue weighted by molar-refractivity contribution is 6.70. The maximum absolute atomic E-state index is 6.05. The molecule has 0 spiro atoms. The Balaban J connectivity index is 2.80. The second kappa shape index (κ2) is 7.56. The van der Waals surface area contributed by atoms with Gasteiger partial charge >= 0.3 is 8.72 Å². The molecule has 3 nitrogen and oxygen atoms in total. The van der Waals surface area contributed by atoms with Crippen LogP contribution in [-0.2, 0) is 8.85 Å². The van der Waals surface area contributed by atoms with E-state index in [1.54, 1.807) is 7.11 Å². The van der Waals surface area contributed by atoms with Gasteiger partial charge in [0.2, 0.25) is 0 Å². The quantitative estimate of drug-likeness (QED) is 0.727. The fourth-order valence-electron chi connectivity index (χ4n) is 1.89. The maximum Gasteiger partial charge on any atom is 0.456 e. The van der Waals surface area contributed by atoms with Gasteiger partial charge in [-0.3, -0.25) is 0 Å². The summed E-state index contributed by atoms with van der Waals surface area (Å²) in [5, 5.41) is 0. The molecule has 1 aromatic carbocycles. The molecule has 102 valence electrons. The first-order chi connectivity index (χ1) is 8.62. The molecular weight excluding hydrogens is 242 g/mol. The number of rotatable bonds is 8. The molecule has 0 saturated carbocycles. The first-order valence-electron chi connectivity index (χ1n) is 6.64. The average Bonchev–Trinajstić information content (AvgIpc) is 2.36. The van der Waals surface area contributed by atoms with Crippen LogP contribution < -0.4 is 4.98 Å². The minimum Gasteiger partial charge on any atom is -0.382 e. The second-order valence-electron chi connectivity index (χ2n) is 4.89. The van der Waals surface area contributed by atoms with E-state index in [1.807, 2.05) is 18.2 Å². The second-order valence-corrected chi connectivity index (χ2v) is 7.76. The van der Waals surface area contributed by atoms with Crippen LogP contribution in [0, 0.1) is 5.92 Å². The fraction of sp³-hybridized carbons (Fsp3) is 0.571. The molecule has 4 heteroatoms. The van der Waals surface area contributed by atoms with Gasteiger partial charge in [-0.15, -0.1) is 0 Å².